The lowest BCUT2D eigenvalue weighted by Crippen LogP contribution is -1.94. The molecule has 1 unspecified atom stereocenters. The first-order valence-corrected chi connectivity index (χ1v) is 2.42. The third-order valence-electron chi connectivity index (χ3n) is 1.10. The molecule has 7 heavy (non-hydrogen) atoms. The molecule has 1 nitrogen and oxygen atoms in total. The average Bonchev–Trinajstić information content (AvgIpc) is 2.06. The number of epoxide rings is 1. The molecule has 0 aliphatic carbocycles. The molecule has 1 heteroatoms. The maximum Gasteiger partial charge on any atom is 0.0832 e. The van der Waals surface area contributed by atoms with Gasteiger partial charge in [0.05, 0.1) is 12.7 Å². The zero-order valence-corrected chi connectivity index (χ0v) is 4.27. The quantitative estimate of drug-likeness (QED) is 0.459. The summed E-state index contributed by atoms with van der Waals surface area (Å²) in [5.74, 6) is 0.741. The molecule has 0 aromatic heterocycles. The molecule has 0 N–H and O–H groups in total. The fourth-order valence-electron chi connectivity index (χ4n) is 0.440. The van der Waals surface area contributed by atoms with E-state index in [-0.39, 0.29) is 7.43 Å². The Morgan fingerprint density at radius 1 is 1.57 bits per heavy atom. The lowest BCUT2D eigenvalue weighted by atomic mass is 10.2. The monoisotopic (exact) mass is 102 g/mol. The maximum absolute atomic E-state index is 4.97. The fourth-order valence-corrected chi connectivity index (χ4v) is 0.440. The maximum atomic E-state index is 4.97. The first kappa shape index (κ1) is 6.96. The molecule has 1 atom stereocenters. The Hall–Kier alpha value is -0.0400. The second-order valence-corrected chi connectivity index (χ2v) is 2.12. The van der Waals surface area contributed by atoms with E-state index in [1.165, 1.54) is 0 Å². The SMILES string of the molecule is C.CC(C)C1CO1. The van der Waals surface area contributed by atoms with Gasteiger partial charge in [0, 0.05) is 0 Å². The van der Waals surface area contributed by atoms with Gasteiger partial charge in [-0.25, -0.2) is 0 Å². The Bertz CT molecular complexity index is 46.1. The summed E-state index contributed by atoms with van der Waals surface area (Å²) in [4.78, 5) is 0. The van der Waals surface area contributed by atoms with Gasteiger partial charge < -0.3 is 4.74 Å². The van der Waals surface area contributed by atoms with Crippen molar-refractivity contribution in [3.05, 3.63) is 0 Å². The summed E-state index contributed by atoms with van der Waals surface area (Å²) in [5, 5.41) is 0. The van der Waals surface area contributed by atoms with Crippen LogP contribution in [0, 0.1) is 5.92 Å². The summed E-state index contributed by atoms with van der Waals surface area (Å²) in [6.45, 7) is 5.35. The number of ether oxygens (including phenoxy) is 1. The van der Waals surface area contributed by atoms with E-state index < -0.39 is 0 Å². The minimum atomic E-state index is 0. The van der Waals surface area contributed by atoms with Crippen molar-refractivity contribution in [1.29, 1.82) is 0 Å². The van der Waals surface area contributed by atoms with Gasteiger partial charge in [-0.3, -0.25) is 0 Å². The van der Waals surface area contributed by atoms with Gasteiger partial charge >= 0.3 is 0 Å². The first-order valence-electron chi connectivity index (χ1n) is 2.42. The molecule has 1 saturated heterocycles. The molecule has 0 bridgehead atoms. The largest absolute Gasteiger partial charge is 0.373 e. The van der Waals surface area contributed by atoms with Crippen LogP contribution in [0.5, 0.6) is 0 Å². The van der Waals surface area contributed by atoms with Crippen LogP contribution in [0.25, 0.3) is 0 Å². The highest BCUT2D eigenvalue weighted by atomic mass is 16.6. The molecule has 1 aliphatic rings. The normalized spacial score (nSPS) is 27.0. The number of rotatable bonds is 1. The Morgan fingerprint density at radius 2 is 2.00 bits per heavy atom. The number of hydrogen-bond donors (Lipinski definition) is 0. The van der Waals surface area contributed by atoms with Gasteiger partial charge in [0.15, 0.2) is 0 Å². The molecule has 1 fully saturated rings. The van der Waals surface area contributed by atoms with Crippen molar-refractivity contribution >= 4 is 0 Å². The van der Waals surface area contributed by atoms with Crippen molar-refractivity contribution in [3.8, 4) is 0 Å². The first-order chi connectivity index (χ1) is 2.80. The molecule has 1 aliphatic heterocycles. The highest BCUT2D eigenvalue weighted by Crippen LogP contribution is 2.17. The van der Waals surface area contributed by atoms with E-state index in [2.05, 4.69) is 13.8 Å². The minimum Gasteiger partial charge on any atom is -0.373 e. The van der Waals surface area contributed by atoms with Crippen LogP contribution >= 0.6 is 0 Å². The zero-order chi connectivity index (χ0) is 4.57. The van der Waals surface area contributed by atoms with E-state index in [0.717, 1.165) is 12.5 Å². The van der Waals surface area contributed by atoms with Crippen molar-refractivity contribution in [2.24, 2.45) is 5.92 Å². The van der Waals surface area contributed by atoms with E-state index >= 15 is 0 Å². The van der Waals surface area contributed by atoms with Crippen LogP contribution in [0.4, 0.5) is 0 Å². The summed E-state index contributed by atoms with van der Waals surface area (Å²) >= 11 is 0. The van der Waals surface area contributed by atoms with Gasteiger partial charge in [-0.05, 0) is 5.92 Å². The van der Waals surface area contributed by atoms with Crippen LogP contribution in [0.2, 0.25) is 0 Å². The molecular weight excluding hydrogens is 88.1 g/mol. The van der Waals surface area contributed by atoms with Gasteiger partial charge in [-0.2, -0.15) is 0 Å². The molecule has 0 aromatic rings. The van der Waals surface area contributed by atoms with Crippen LogP contribution in [0.3, 0.4) is 0 Å². The molecule has 44 valence electrons. The van der Waals surface area contributed by atoms with E-state index in [4.69, 9.17) is 4.74 Å². The van der Waals surface area contributed by atoms with Crippen molar-refractivity contribution < 1.29 is 4.74 Å². The fraction of sp³-hybridized carbons (Fsp3) is 1.00. The summed E-state index contributed by atoms with van der Waals surface area (Å²) in [6, 6.07) is 0. The van der Waals surface area contributed by atoms with Gasteiger partial charge in [-0.15, -0.1) is 0 Å². The van der Waals surface area contributed by atoms with Gasteiger partial charge in [-0.1, -0.05) is 21.3 Å². The van der Waals surface area contributed by atoms with Crippen molar-refractivity contribution in [3.63, 3.8) is 0 Å². The smallest absolute Gasteiger partial charge is 0.0832 e. The summed E-state index contributed by atoms with van der Waals surface area (Å²) in [7, 11) is 0. The van der Waals surface area contributed by atoms with Gasteiger partial charge in [0.25, 0.3) is 0 Å². The predicted molar refractivity (Wildman–Crippen MR) is 31.3 cm³/mol. The van der Waals surface area contributed by atoms with Gasteiger partial charge in [0.1, 0.15) is 0 Å². The summed E-state index contributed by atoms with van der Waals surface area (Å²) < 4.78 is 4.97. The lowest BCUT2D eigenvalue weighted by molar-refractivity contribution is 0.356. The Kier molecular flexibility index (Phi) is 2.30. The summed E-state index contributed by atoms with van der Waals surface area (Å²) in [6.07, 6.45) is 0.602. The van der Waals surface area contributed by atoms with E-state index in [1.54, 1.807) is 0 Å². The van der Waals surface area contributed by atoms with Crippen LogP contribution in [-0.2, 0) is 4.74 Å². The van der Waals surface area contributed by atoms with Crippen molar-refractivity contribution in [2.45, 2.75) is 27.4 Å². The van der Waals surface area contributed by atoms with Crippen LogP contribution < -0.4 is 0 Å². The van der Waals surface area contributed by atoms with Crippen molar-refractivity contribution in [2.75, 3.05) is 6.61 Å². The zero-order valence-electron chi connectivity index (χ0n) is 4.27. The second kappa shape index (κ2) is 2.31. The Morgan fingerprint density at radius 3 is 2.00 bits per heavy atom. The van der Waals surface area contributed by atoms with E-state index in [9.17, 15) is 0 Å². The van der Waals surface area contributed by atoms with Crippen LogP contribution in [-0.4, -0.2) is 12.7 Å². The molecule has 0 spiro atoms. The molecule has 0 radical (unpaired) electrons. The Labute approximate surface area is 45.7 Å². The van der Waals surface area contributed by atoms with Gasteiger partial charge in [0.2, 0.25) is 0 Å². The standard InChI is InChI=1S/C5H10O.CH4/c1-4(2)5-3-6-5;/h4-5H,3H2,1-2H3;1H4. The topological polar surface area (TPSA) is 12.5 Å². The highest BCUT2D eigenvalue weighted by molar-refractivity contribution is 4.71. The highest BCUT2D eigenvalue weighted by Gasteiger charge is 2.25. The van der Waals surface area contributed by atoms with Crippen LogP contribution in [0.1, 0.15) is 21.3 Å². The molecule has 1 heterocycles. The van der Waals surface area contributed by atoms with Crippen molar-refractivity contribution in [1.82, 2.24) is 0 Å². The van der Waals surface area contributed by atoms with Crippen LogP contribution in [0.15, 0.2) is 0 Å². The number of hydrogen-bond acceptors (Lipinski definition) is 1. The predicted octanol–water partition coefficient (Wildman–Crippen LogP) is 1.68. The summed E-state index contributed by atoms with van der Waals surface area (Å²) in [5.41, 5.74) is 0. The lowest BCUT2D eigenvalue weighted by Gasteiger charge is -1.90. The van der Waals surface area contributed by atoms with E-state index in [1.807, 2.05) is 0 Å². The van der Waals surface area contributed by atoms with E-state index in [0.29, 0.717) is 6.10 Å². The second-order valence-electron chi connectivity index (χ2n) is 2.12. The molecule has 1 rings (SSSR count). The molecular formula is C6H14O. The molecule has 0 saturated carbocycles. The average molecular weight is 102 g/mol. The third kappa shape index (κ3) is 1.93. The third-order valence-corrected chi connectivity index (χ3v) is 1.10. The minimum absolute atomic E-state index is 0. The Balaban J connectivity index is 0.000000360. The molecule has 0 aromatic carbocycles. The molecule has 0 amide bonds.